The Morgan fingerprint density at radius 2 is 2.00 bits per heavy atom. The lowest BCUT2D eigenvalue weighted by Gasteiger charge is -2.35. The van der Waals surface area contributed by atoms with Gasteiger partial charge in [-0.3, -0.25) is 9.89 Å². The molecule has 1 atom stereocenters. The molecule has 1 saturated heterocycles. The maximum absolute atomic E-state index is 13.7. The number of nitrogens with zero attached hydrogens (tertiary/aromatic N) is 2. The van der Waals surface area contributed by atoms with Crippen LogP contribution in [0.15, 0.2) is 29.3 Å². The summed E-state index contributed by atoms with van der Waals surface area (Å²) in [6.45, 7) is 10.0. The second-order valence-corrected chi connectivity index (χ2v) is 7.05. The molecule has 1 aromatic carbocycles. The fraction of sp³-hybridized carbons (Fsp3) is 0.611. The van der Waals surface area contributed by atoms with E-state index in [4.69, 9.17) is 4.74 Å². The number of guanidine groups is 1. The molecule has 2 rings (SSSR count). The van der Waals surface area contributed by atoms with Crippen molar-refractivity contribution in [2.45, 2.75) is 32.4 Å². The zero-order valence-electron chi connectivity index (χ0n) is 15.5. The molecule has 1 aliphatic heterocycles. The summed E-state index contributed by atoms with van der Waals surface area (Å²) in [6.07, 6.45) is 0. The normalized spacial score (nSPS) is 17.6. The van der Waals surface area contributed by atoms with Gasteiger partial charge in [0.25, 0.3) is 0 Å². The van der Waals surface area contributed by atoms with Crippen molar-refractivity contribution in [3.8, 4) is 0 Å². The van der Waals surface area contributed by atoms with Gasteiger partial charge >= 0.3 is 0 Å². The summed E-state index contributed by atoms with van der Waals surface area (Å²) >= 11 is 0. The first-order valence-electron chi connectivity index (χ1n) is 8.45. The highest BCUT2D eigenvalue weighted by Crippen LogP contribution is 2.22. The first-order chi connectivity index (χ1) is 11.4. The molecule has 1 aromatic rings. The molecule has 0 radical (unpaired) electrons. The van der Waals surface area contributed by atoms with Crippen LogP contribution in [-0.2, 0) is 4.74 Å². The summed E-state index contributed by atoms with van der Waals surface area (Å²) < 4.78 is 19.1. The molecule has 0 amide bonds. The highest BCUT2D eigenvalue weighted by Gasteiger charge is 2.23. The third kappa shape index (κ3) is 7.45. The molecule has 142 valence electrons. The van der Waals surface area contributed by atoms with Crippen LogP contribution in [0.2, 0.25) is 0 Å². The predicted molar refractivity (Wildman–Crippen MR) is 111 cm³/mol. The molecular weight excluding hydrogens is 434 g/mol. The van der Waals surface area contributed by atoms with E-state index >= 15 is 0 Å². The Bertz CT molecular complexity index is 556. The highest BCUT2D eigenvalue weighted by atomic mass is 127. The number of hydrogen-bond donors (Lipinski definition) is 2. The molecule has 1 fully saturated rings. The number of aliphatic imine (C=N–C) groups is 1. The predicted octanol–water partition coefficient (Wildman–Crippen LogP) is 2.78. The van der Waals surface area contributed by atoms with E-state index in [-0.39, 0.29) is 41.4 Å². The fourth-order valence-corrected chi connectivity index (χ4v) is 2.79. The van der Waals surface area contributed by atoms with Crippen molar-refractivity contribution in [2.75, 3.05) is 39.9 Å². The van der Waals surface area contributed by atoms with Crippen LogP contribution in [0.4, 0.5) is 4.39 Å². The minimum atomic E-state index is -0.206. The Hall–Kier alpha value is -0.930. The molecule has 5 nitrogen and oxygen atoms in total. The van der Waals surface area contributed by atoms with Gasteiger partial charge in [0, 0.05) is 32.2 Å². The van der Waals surface area contributed by atoms with E-state index in [1.807, 2.05) is 6.07 Å². The molecule has 0 bridgehead atoms. The van der Waals surface area contributed by atoms with Crippen molar-refractivity contribution in [1.29, 1.82) is 0 Å². The standard InChI is InChI=1S/C18H29FN4O.HI/c1-18(2,3)22-17(20-4)21-13-16(23-8-10-24-11-9-23)14-6-5-7-15(19)12-14;/h5-7,12,16H,8-11,13H2,1-4H3,(H2,20,21,22);1H. The van der Waals surface area contributed by atoms with E-state index in [9.17, 15) is 4.39 Å². The highest BCUT2D eigenvalue weighted by molar-refractivity contribution is 14.0. The molecular formula is C18H30FIN4O. The third-order valence-electron chi connectivity index (χ3n) is 3.90. The third-order valence-corrected chi connectivity index (χ3v) is 3.90. The van der Waals surface area contributed by atoms with Gasteiger partial charge in [-0.05, 0) is 38.5 Å². The van der Waals surface area contributed by atoms with Crippen molar-refractivity contribution in [1.82, 2.24) is 15.5 Å². The molecule has 7 heteroatoms. The minimum absolute atomic E-state index is 0. The van der Waals surface area contributed by atoms with Gasteiger partial charge in [-0.15, -0.1) is 24.0 Å². The van der Waals surface area contributed by atoms with Crippen LogP contribution in [0.5, 0.6) is 0 Å². The summed E-state index contributed by atoms with van der Waals surface area (Å²) in [7, 11) is 1.76. The smallest absolute Gasteiger partial charge is 0.191 e. The van der Waals surface area contributed by atoms with E-state index in [1.165, 1.54) is 6.07 Å². The van der Waals surface area contributed by atoms with Crippen molar-refractivity contribution < 1.29 is 9.13 Å². The second-order valence-electron chi connectivity index (χ2n) is 7.05. The second kappa shape index (κ2) is 10.3. The van der Waals surface area contributed by atoms with Gasteiger partial charge in [-0.2, -0.15) is 0 Å². The van der Waals surface area contributed by atoms with Crippen LogP contribution in [0, 0.1) is 5.82 Å². The van der Waals surface area contributed by atoms with Gasteiger partial charge in [-0.25, -0.2) is 4.39 Å². The van der Waals surface area contributed by atoms with Crippen LogP contribution in [0.25, 0.3) is 0 Å². The SMILES string of the molecule is CN=C(NCC(c1cccc(F)c1)N1CCOCC1)NC(C)(C)C.I. The van der Waals surface area contributed by atoms with Crippen molar-refractivity contribution in [3.05, 3.63) is 35.6 Å². The lowest BCUT2D eigenvalue weighted by atomic mass is 10.0. The molecule has 1 heterocycles. The number of hydrogen-bond acceptors (Lipinski definition) is 3. The minimum Gasteiger partial charge on any atom is -0.379 e. The van der Waals surface area contributed by atoms with Crippen LogP contribution < -0.4 is 10.6 Å². The zero-order chi connectivity index (χ0) is 17.6. The summed E-state index contributed by atoms with van der Waals surface area (Å²) in [5.74, 6) is 0.542. The number of nitrogens with one attached hydrogen (secondary N) is 2. The van der Waals surface area contributed by atoms with Crippen molar-refractivity contribution in [2.24, 2.45) is 4.99 Å². The Kier molecular flexibility index (Phi) is 9.09. The van der Waals surface area contributed by atoms with Gasteiger partial charge < -0.3 is 15.4 Å². The summed E-state index contributed by atoms with van der Waals surface area (Å²) in [4.78, 5) is 6.61. The van der Waals surface area contributed by atoms with Crippen LogP contribution in [0.1, 0.15) is 32.4 Å². The maximum Gasteiger partial charge on any atom is 0.191 e. The summed E-state index contributed by atoms with van der Waals surface area (Å²) in [6, 6.07) is 6.91. The number of morpholine rings is 1. The first kappa shape index (κ1) is 22.1. The monoisotopic (exact) mass is 464 g/mol. The van der Waals surface area contributed by atoms with Gasteiger partial charge in [0.1, 0.15) is 5.82 Å². The van der Waals surface area contributed by atoms with E-state index in [0.29, 0.717) is 19.8 Å². The first-order valence-corrected chi connectivity index (χ1v) is 8.45. The molecule has 0 aromatic heterocycles. The number of halogens is 2. The summed E-state index contributed by atoms with van der Waals surface area (Å²) in [5.41, 5.74) is 0.894. The fourth-order valence-electron chi connectivity index (χ4n) is 2.79. The maximum atomic E-state index is 13.7. The average Bonchev–Trinajstić information content (AvgIpc) is 2.54. The lowest BCUT2D eigenvalue weighted by Crippen LogP contribution is -2.50. The average molecular weight is 464 g/mol. The van der Waals surface area contributed by atoms with E-state index < -0.39 is 0 Å². The molecule has 25 heavy (non-hydrogen) atoms. The van der Waals surface area contributed by atoms with Crippen molar-refractivity contribution in [3.63, 3.8) is 0 Å². The molecule has 2 N–H and O–H groups in total. The van der Waals surface area contributed by atoms with E-state index in [1.54, 1.807) is 19.2 Å². The number of ether oxygens (including phenoxy) is 1. The van der Waals surface area contributed by atoms with Crippen LogP contribution >= 0.6 is 24.0 Å². The largest absolute Gasteiger partial charge is 0.379 e. The molecule has 0 aliphatic carbocycles. The molecule has 1 aliphatic rings. The Balaban J connectivity index is 0.00000312. The molecule has 0 saturated carbocycles. The summed E-state index contributed by atoms with van der Waals surface area (Å²) in [5, 5.41) is 6.72. The number of benzene rings is 1. The quantitative estimate of drug-likeness (QED) is 0.409. The Morgan fingerprint density at radius 1 is 1.32 bits per heavy atom. The van der Waals surface area contributed by atoms with Crippen LogP contribution in [-0.4, -0.2) is 56.3 Å². The van der Waals surface area contributed by atoms with Crippen molar-refractivity contribution >= 4 is 29.9 Å². The van der Waals surface area contributed by atoms with Crippen LogP contribution in [0.3, 0.4) is 0 Å². The van der Waals surface area contributed by atoms with Gasteiger partial charge in [0.2, 0.25) is 0 Å². The van der Waals surface area contributed by atoms with E-state index in [2.05, 4.69) is 41.3 Å². The number of rotatable bonds is 4. The topological polar surface area (TPSA) is 48.9 Å². The van der Waals surface area contributed by atoms with Gasteiger partial charge in [0.15, 0.2) is 5.96 Å². The zero-order valence-corrected chi connectivity index (χ0v) is 17.8. The van der Waals surface area contributed by atoms with Gasteiger partial charge in [-0.1, -0.05) is 12.1 Å². The Labute approximate surface area is 167 Å². The van der Waals surface area contributed by atoms with E-state index in [0.717, 1.165) is 24.6 Å². The Morgan fingerprint density at radius 3 is 2.56 bits per heavy atom. The van der Waals surface area contributed by atoms with Gasteiger partial charge in [0.05, 0.1) is 19.3 Å². The lowest BCUT2D eigenvalue weighted by molar-refractivity contribution is 0.0169. The molecule has 0 spiro atoms. The molecule has 1 unspecified atom stereocenters.